The number of piperidine rings is 1. The SMILES string of the molecule is C[C@H]1CCC[C@H](C)N1/N=C\C=C\c1ccccc1[N+](=O)[O-]. The van der Waals surface area contributed by atoms with Crippen LogP contribution in [0.4, 0.5) is 5.69 Å². The number of nitro groups is 1. The van der Waals surface area contributed by atoms with Crippen LogP contribution in [0.5, 0.6) is 0 Å². The van der Waals surface area contributed by atoms with Gasteiger partial charge in [0.1, 0.15) is 0 Å². The normalized spacial score (nSPS) is 23.0. The summed E-state index contributed by atoms with van der Waals surface area (Å²) in [5.41, 5.74) is 0.704. The summed E-state index contributed by atoms with van der Waals surface area (Å²) in [5, 5.41) is 17.5. The Hall–Kier alpha value is -2.17. The first-order valence-corrected chi connectivity index (χ1v) is 7.32. The molecule has 5 nitrogen and oxygen atoms in total. The van der Waals surface area contributed by atoms with Crippen LogP contribution < -0.4 is 0 Å². The van der Waals surface area contributed by atoms with Crippen molar-refractivity contribution < 1.29 is 4.92 Å². The minimum absolute atomic E-state index is 0.113. The second-order valence-electron chi connectivity index (χ2n) is 5.45. The third-order valence-corrected chi connectivity index (χ3v) is 3.84. The summed E-state index contributed by atoms with van der Waals surface area (Å²) in [5.74, 6) is 0. The molecular formula is C16H21N3O2. The van der Waals surface area contributed by atoms with Crippen LogP contribution in [-0.2, 0) is 0 Å². The minimum Gasteiger partial charge on any atom is -0.292 e. The monoisotopic (exact) mass is 287 g/mol. The van der Waals surface area contributed by atoms with E-state index in [0.29, 0.717) is 17.6 Å². The van der Waals surface area contributed by atoms with Gasteiger partial charge in [0.15, 0.2) is 0 Å². The molecule has 0 radical (unpaired) electrons. The highest BCUT2D eigenvalue weighted by molar-refractivity contribution is 5.79. The van der Waals surface area contributed by atoms with Gasteiger partial charge in [-0.05, 0) is 51.3 Å². The van der Waals surface area contributed by atoms with Crippen LogP contribution in [0.15, 0.2) is 35.4 Å². The first-order valence-electron chi connectivity index (χ1n) is 7.32. The minimum atomic E-state index is -0.369. The number of nitrogens with zero attached hydrogens (tertiary/aromatic N) is 3. The molecule has 0 aromatic heterocycles. The standard InChI is InChI=1S/C16H21N3O2/c1-13-7-5-8-14(2)18(13)17-12-6-10-15-9-3-4-11-16(15)19(20)21/h3-4,6,9-14H,5,7-8H2,1-2H3/b10-6+,17-12-/t13-,14-/m0/s1. The molecule has 1 aliphatic rings. The summed E-state index contributed by atoms with van der Waals surface area (Å²) >= 11 is 0. The summed E-state index contributed by atoms with van der Waals surface area (Å²) in [6.07, 6.45) is 8.78. The number of benzene rings is 1. The Kier molecular flexibility index (Phi) is 5.09. The van der Waals surface area contributed by atoms with Gasteiger partial charge in [-0.1, -0.05) is 12.1 Å². The van der Waals surface area contributed by atoms with Crippen molar-refractivity contribution in [2.45, 2.75) is 45.2 Å². The first-order chi connectivity index (χ1) is 10.1. The van der Waals surface area contributed by atoms with Crippen molar-refractivity contribution in [2.24, 2.45) is 5.10 Å². The van der Waals surface area contributed by atoms with Crippen LogP contribution in [0, 0.1) is 10.1 Å². The molecule has 1 aliphatic heterocycles. The van der Waals surface area contributed by atoms with E-state index < -0.39 is 0 Å². The van der Waals surface area contributed by atoms with Crippen LogP contribution in [-0.4, -0.2) is 28.2 Å². The van der Waals surface area contributed by atoms with Gasteiger partial charge in [-0.15, -0.1) is 0 Å². The Bertz CT molecular complexity index is 544. The zero-order valence-electron chi connectivity index (χ0n) is 12.5. The summed E-state index contributed by atoms with van der Waals surface area (Å²) < 4.78 is 0. The molecule has 2 atom stereocenters. The predicted molar refractivity (Wildman–Crippen MR) is 85.2 cm³/mol. The molecule has 1 aromatic carbocycles. The number of hydrogen-bond acceptors (Lipinski definition) is 4. The van der Waals surface area contributed by atoms with Gasteiger partial charge in [-0.2, -0.15) is 5.10 Å². The Morgan fingerprint density at radius 3 is 2.62 bits per heavy atom. The highest BCUT2D eigenvalue weighted by Crippen LogP contribution is 2.22. The van der Waals surface area contributed by atoms with E-state index in [9.17, 15) is 10.1 Å². The van der Waals surface area contributed by atoms with Crippen LogP contribution in [0.25, 0.3) is 6.08 Å². The topological polar surface area (TPSA) is 58.7 Å². The number of hydrazone groups is 1. The highest BCUT2D eigenvalue weighted by atomic mass is 16.6. The number of rotatable bonds is 4. The molecule has 2 rings (SSSR count). The molecule has 1 saturated heterocycles. The van der Waals surface area contributed by atoms with Gasteiger partial charge >= 0.3 is 0 Å². The summed E-state index contributed by atoms with van der Waals surface area (Å²) in [4.78, 5) is 10.5. The maximum Gasteiger partial charge on any atom is 0.276 e. The number of nitro benzene ring substituents is 1. The lowest BCUT2D eigenvalue weighted by atomic mass is 10.00. The maximum absolute atomic E-state index is 10.9. The quantitative estimate of drug-likeness (QED) is 0.480. The van der Waals surface area contributed by atoms with Gasteiger partial charge in [0.2, 0.25) is 0 Å². The second kappa shape index (κ2) is 7.02. The van der Waals surface area contributed by atoms with E-state index in [-0.39, 0.29) is 10.6 Å². The molecule has 112 valence electrons. The fourth-order valence-electron chi connectivity index (χ4n) is 2.69. The summed E-state index contributed by atoms with van der Waals surface area (Å²) in [6.45, 7) is 4.36. The lowest BCUT2D eigenvalue weighted by molar-refractivity contribution is -0.385. The molecule has 0 spiro atoms. The molecule has 1 heterocycles. The molecule has 1 aromatic rings. The fourth-order valence-corrected chi connectivity index (χ4v) is 2.69. The third kappa shape index (κ3) is 3.90. The van der Waals surface area contributed by atoms with E-state index in [1.807, 2.05) is 0 Å². The zero-order valence-corrected chi connectivity index (χ0v) is 12.5. The van der Waals surface area contributed by atoms with Gasteiger partial charge in [0.05, 0.1) is 10.5 Å². The van der Waals surface area contributed by atoms with Crippen molar-refractivity contribution in [3.8, 4) is 0 Å². The molecule has 0 saturated carbocycles. The van der Waals surface area contributed by atoms with Crippen LogP contribution >= 0.6 is 0 Å². The molecule has 21 heavy (non-hydrogen) atoms. The first kappa shape index (κ1) is 15.2. The van der Waals surface area contributed by atoms with Crippen LogP contribution in [0.2, 0.25) is 0 Å². The summed E-state index contributed by atoms with van der Waals surface area (Å²) in [7, 11) is 0. The average molecular weight is 287 g/mol. The molecule has 0 unspecified atom stereocenters. The van der Waals surface area contributed by atoms with Crippen molar-refractivity contribution >= 4 is 18.0 Å². The van der Waals surface area contributed by atoms with Crippen molar-refractivity contribution in [2.75, 3.05) is 0 Å². The number of hydrogen-bond donors (Lipinski definition) is 0. The van der Waals surface area contributed by atoms with Crippen molar-refractivity contribution in [3.63, 3.8) is 0 Å². The zero-order chi connectivity index (χ0) is 15.2. The van der Waals surface area contributed by atoms with Crippen molar-refractivity contribution in [1.82, 2.24) is 5.01 Å². The molecule has 0 amide bonds. The van der Waals surface area contributed by atoms with Crippen molar-refractivity contribution in [3.05, 3.63) is 46.0 Å². The van der Waals surface area contributed by atoms with Gasteiger partial charge in [-0.3, -0.25) is 15.1 Å². The van der Waals surface area contributed by atoms with E-state index in [2.05, 4.69) is 24.0 Å². The number of para-hydroxylation sites is 1. The summed E-state index contributed by atoms with van der Waals surface area (Å²) in [6, 6.07) is 7.59. The molecule has 0 N–H and O–H groups in total. The smallest absolute Gasteiger partial charge is 0.276 e. The lowest BCUT2D eigenvalue weighted by Gasteiger charge is -2.36. The molecule has 0 aliphatic carbocycles. The van der Waals surface area contributed by atoms with E-state index in [1.54, 1.807) is 36.6 Å². The van der Waals surface area contributed by atoms with Crippen LogP contribution in [0.3, 0.4) is 0 Å². The van der Waals surface area contributed by atoms with Crippen molar-refractivity contribution in [1.29, 1.82) is 0 Å². The lowest BCUT2D eigenvalue weighted by Crippen LogP contribution is -2.39. The van der Waals surface area contributed by atoms with Gasteiger partial charge in [0.25, 0.3) is 5.69 Å². The Morgan fingerprint density at radius 1 is 1.29 bits per heavy atom. The molecular weight excluding hydrogens is 266 g/mol. The second-order valence-corrected chi connectivity index (χ2v) is 5.45. The average Bonchev–Trinajstić information content (AvgIpc) is 2.46. The molecule has 0 bridgehead atoms. The van der Waals surface area contributed by atoms with E-state index >= 15 is 0 Å². The Morgan fingerprint density at radius 2 is 1.95 bits per heavy atom. The third-order valence-electron chi connectivity index (χ3n) is 3.84. The Balaban J connectivity index is 2.05. The van der Waals surface area contributed by atoms with E-state index in [0.717, 1.165) is 12.8 Å². The molecule has 1 fully saturated rings. The molecule has 5 heteroatoms. The van der Waals surface area contributed by atoms with Gasteiger partial charge in [-0.25, -0.2) is 0 Å². The van der Waals surface area contributed by atoms with E-state index in [4.69, 9.17) is 0 Å². The largest absolute Gasteiger partial charge is 0.292 e. The fraction of sp³-hybridized carbons (Fsp3) is 0.438. The predicted octanol–water partition coefficient (Wildman–Crippen LogP) is 3.86. The van der Waals surface area contributed by atoms with Gasteiger partial charge in [0, 0.05) is 24.4 Å². The van der Waals surface area contributed by atoms with Gasteiger partial charge < -0.3 is 0 Å². The highest BCUT2D eigenvalue weighted by Gasteiger charge is 2.22. The van der Waals surface area contributed by atoms with E-state index in [1.165, 1.54) is 12.5 Å². The number of allylic oxidation sites excluding steroid dienone is 1. The Labute approximate surface area is 125 Å². The maximum atomic E-state index is 10.9. The van der Waals surface area contributed by atoms with Crippen LogP contribution in [0.1, 0.15) is 38.7 Å².